The van der Waals surface area contributed by atoms with Gasteiger partial charge in [0.05, 0.1) is 0 Å². The summed E-state index contributed by atoms with van der Waals surface area (Å²) < 4.78 is 0. The van der Waals surface area contributed by atoms with Crippen LogP contribution in [-0.4, -0.2) is 0 Å². The Bertz CT molecular complexity index is 463. The van der Waals surface area contributed by atoms with Crippen LogP contribution in [0.1, 0.15) is 45.6 Å². The molecule has 0 unspecified atom stereocenters. The van der Waals surface area contributed by atoms with E-state index in [4.69, 9.17) is 11.6 Å². The Morgan fingerprint density at radius 3 is 2.68 bits per heavy atom. The Hall–Kier alpha value is -0.490. The number of benzene rings is 1. The first-order chi connectivity index (χ1) is 8.98. The molecule has 1 heteroatoms. The SMILES string of the molecule is C[C@@H]1[C@@H](CCc2cccc(Cl)c2)C[C@H]2C[C@@H]1C2(C)C. The first-order valence-electron chi connectivity index (χ1n) is 7.73. The van der Waals surface area contributed by atoms with Crippen molar-refractivity contribution in [3.63, 3.8) is 0 Å². The quantitative estimate of drug-likeness (QED) is 0.675. The Balaban J connectivity index is 1.60. The van der Waals surface area contributed by atoms with Gasteiger partial charge in [0.2, 0.25) is 0 Å². The molecule has 0 aliphatic heterocycles. The minimum Gasteiger partial charge on any atom is -0.0843 e. The fraction of sp³-hybridized carbons (Fsp3) is 0.667. The van der Waals surface area contributed by atoms with Gasteiger partial charge in [0.15, 0.2) is 0 Å². The van der Waals surface area contributed by atoms with Crippen molar-refractivity contribution >= 4 is 11.6 Å². The topological polar surface area (TPSA) is 0 Å². The number of halogens is 1. The van der Waals surface area contributed by atoms with Gasteiger partial charge in [0.25, 0.3) is 0 Å². The van der Waals surface area contributed by atoms with Gasteiger partial charge in [-0.1, -0.05) is 44.5 Å². The maximum absolute atomic E-state index is 6.06. The van der Waals surface area contributed by atoms with Gasteiger partial charge in [-0.25, -0.2) is 0 Å². The largest absolute Gasteiger partial charge is 0.0843 e. The van der Waals surface area contributed by atoms with Crippen molar-refractivity contribution in [2.75, 3.05) is 0 Å². The summed E-state index contributed by atoms with van der Waals surface area (Å²) in [7, 11) is 0. The zero-order valence-electron chi connectivity index (χ0n) is 12.3. The van der Waals surface area contributed by atoms with Gasteiger partial charge >= 0.3 is 0 Å². The van der Waals surface area contributed by atoms with Gasteiger partial charge in [-0.3, -0.25) is 0 Å². The lowest BCUT2D eigenvalue weighted by Crippen LogP contribution is -2.54. The highest BCUT2D eigenvalue weighted by molar-refractivity contribution is 6.30. The molecule has 1 aromatic carbocycles. The first kappa shape index (κ1) is 13.5. The van der Waals surface area contributed by atoms with Crippen molar-refractivity contribution in [3.8, 4) is 0 Å². The molecule has 0 N–H and O–H groups in total. The minimum atomic E-state index is 0.617. The number of hydrogen-bond acceptors (Lipinski definition) is 0. The predicted octanol–water partition coefficient (Wildman–Crippen LogP) is 5.59. The lowest BCUT2D eigenvalue weighted by molar-refractivity contribution is -0.129. The Morgan fingerprint density at radius 2 is 2.05 bits per heavy atom. The molecule has 1 aromatic rings. The van der Waals surface area contributed by atoms with E-state index in [1.807, 2.05) is 6.07 Å². The van der Waals surface area contributed by atoms with E-state index in [0.29, 0.717) is 5.41 Å². The molecule has 0 nitrogen and oxygen atoms in total. The normalized spacial score (nSPS) is 35.8. The fourth-order valence-electron chi connectivity index (χ4n) is 4.68. The monoisotopic (exact) mass is 276 g/mol. The number of rotatable bonds is 3. The van der Waals surface area contributed by atoms with Crippen molar-refractivity contribution < 1.29 is 0 Å². The minimum absolute atomic E-state index is 0.617. The van der Waals surface area contributed by atoms with E-state index in [-0.39, 0.29) is 0 Å². The molecule has 4 atom stereocenters. The van der Waals surface area contributed by atoms with Gasteiger partial charge in [-0.05, 0) is 72.5 Å². The van der Waals surface area contributed by atoms with E-state index in [1.165, 1.54) is 31.2 Å². The van der Waals surface area contributed by atoms with Crippen LogP contribution in [0, 0.1) is 29.1 Å². The van der Waals surface area contributed by atoms with Crippen LogP contribution in [0.4, 0.5) is 0 Å². The van der Waals surface area contributed by atoms with E-state index >= 15 is 0 Å². The third-order valence-corrected chi connectivity index (χ3v) is 6.44. The summed E-state index contributed by atoms with van der Waals surface area (Å²) >= 11 is 6.06. The highest BCUT2D eigenvalue weighted by atomic mass is 35.5. The van der Waals surface area contributed by atoms with Crippen LogP contribution < -0.4 is 0 Å². The van der Waals surface area contributed by atoms with E-state index in [1.54, 1.807) is 0 Å². The van der Waals surface area contributed by atoms with E-state index in [9.17, 15) is 0 Å². The van der Waals surface area contributed by atoms with Crippen LogP contribution >= 0.6 is 11.6 Å². The van der Waals surface area contributed by atoms with Crippen molar-refractivity contribution in [1.82, 2.24) is 0 Å². The second-order valence-corrected chi connectivity index (χ2v) is 7.82. The molecule has 104 valence electrons. The first-order valence-corrected chi connectivity index (χ1v) is 8.10. The van der Waals surface area contributed by atoms with Crippen LogP contribution in [0.15, 0.2) is 24.3 Å². The number of hydrogen-bond donors (Lipinski definition) is 0. The smallest absolute Gasteiger partial charge is 0.0408 e. The van der Waals surface area contributed by atoms with Gasteiger partial charge in [0, 0.05) is 5.02 Å². The molecule has 0 heterocycles. The molecule has 0 saturated heterocycles. The predicted molar refractivity (Wildman–Crippen MR) is 82.4 cm³/mol. The molecule has 0 amide bonds. The Kier molecular flexibility index (Phi) is 3.41. The van der Waals surface area contributed by atoms with Crippen LogP contribution in [0.25, 0.3) is 0 Å². The summed E-state index contributed by atoms with van der Waals surface area (Å²) in [5.74, 6) is 3.78. The Morgan fingerprint density at radius 1 is 1.26 bits per heavy atom. The standard InChI is InChI=1S/C18H25Cl/c1-12-14(10-15-11-17(12)18(15,2)3)8-7-13-5-4-6-16(19)9-13/h4-6,9,12,14-15,17H,7-8,10-11H2,1-3H3/t12-,14+,15+,17+/m1/s1. The molecule has 3 fully saturated rings. The van der Waals surface area contributed by atoms with Crippen molar-refractivity contribution in [2.24, 2.45) is 29.1 Å². The highest BCUT2D eigenvalue weighted by Gasteiger charge is 2.55. The molecule has 0 aromatic heterocycles. The summed E-state index contributed by atoms with van der Waals surface area (Å²) in [5, 5.41) is 0.873. The van der Waals surface area contributed by atoms with E-state index in [2.05, 4.69) is 39.0 Å². The third-order valence-electron chi connectivity index (χ3n) is 6.20. The molecule has 19 heavy (non-hydrogen) atoms. The van der Waals surface area contributed by atoms with Crippen LogP contribution in [0.5, 0.6) is 0 Å². The van der Waals surface area contributed by atoms with Crippen molar-refractivity contribution in [1.29, 1.82) is 0 Å². The fourth-order valence-corrected chi connectivity index (χ4v) is 4.90. The lowest BCUT2D eigenvalue weighted by atomic mass is 9.43. The molecule has 0 spiro atoms. The summed E-state index contributed by atoms with van der Waals surface area (Å²) in [6, 6.07) is 8.37. The van der Waals surface area contributed by atoms with Crippen LogP contribution in [0.2, 0.25) is 5.02 Å². The molecule has 3 aliphatic carbocycles. The molecule has 0 radical (unpaired) electrons. The molecular weight excluding hydrogens is 252 g/mol. The second kappa shape index (κ2) is 4.81. The maximum atomic E-state index is 6.06. The zero-order chi connectivity index (χ0) is 13.6. The molecule has 2 bridgehead atoms. The van der Waals surface area contributed by atoms with Gasteiger partial charge in [-0.2, -0.15) is 0 Å². The summed E-state index contributed by atoms with van der Waals surface area (Å²) in [4.78, 5) is 0. The highest BCUT2D eigenvalue weighted by Crippen LogP contribution is 2.63. The molecule has 4 rings (SSSR count). The molecular formula is C18H25Cl. The van der Waals surface area contributed by atoms with Gasteiger partial charge in [0.1, 0.15) is 0 Å². The molecule has 3 saturated carbocycles. The summed E-state index contributed by atoms with van der Waals surface area (Å²) in [5.41, 5.74) is 2.02. The maximum Gasteiger partial charge on any atom is 0.0408 e. The average molecular weight is 277 g/mol. The zero-order valence-corrected chi connectivity index (χ0v) is 13.1. The average Bonchev–Trinajstić information content (AvgIpc) is 2.37. The van der Waals surface area contributed by atoms with Crippen molar-refractivity contribution in [2.45, 2.75) is 46.5 Å². The second-order valence-electron chi connectivity index (χ2n) is 7.38. The van der Waals surface area contributed by atoms with Crippen LogP contribution in [0.3, 0.4) is 0 Å². The van der Waals surface area contributed by atoms with Gasteiger partial charge < -0.3 is 0 Å². The lowest BCUT2D eigenvalue weighted by Gasteiger charge is -2.62. The number of fused-ring (bicyclic) bond motifs is 2. The third kappa shape index (κ3) is 2.33. The van der Waals surface area contributed by atoms with E-state index < -0.39 is 0 Å². The van der Waals surface area contributed by atoms with E-state index in [0.717, 1.165) is 28.7 Å². The summed E-state index contributed by atoms with van der Waals surface area (Å²) in [6.45, 7) is 7.45. The molecule has 3 aliphatic rings. The van der Waals surface area contributed by atoms with Gasteiger partial charge in [-0.15, -0.1) is 0 Å². The Labute approximate surface area is 122 Å². The number of aryl methyl sites for hydroxylation is 1. The summed E-state index contributed by atoms with van der Waals surface area (Å²) in [6.07, 6.45) is 5.47. The van der Waals surface area contributed by atoms with Crippen LogP contribution in [-0.2, 0) is 6.42 Å². The van der Waals surface area contributed by atoms with Crippen molar-refractivity contribution in [3.05, 3.63) is 34.9 Å².